The predicted molar refractivity (Wildman–Crippen MR) is 109 cm³/mol. The van der Waals surface area contributed by atoms with E-state index in [2.05, 4.69) is 20.9 Å². The van der Waals surface area contributed by atoms with Crippen LogP contribution in [0.4, 0.5) is 5.69 Å². The lowest BCUT2D eigenvalue weighted by Gasteiger charge is -2.13. The van der Waals surface area contributed by atoms with E-state index in [1.54, 1.807) is 0 Å². The highest BCUT2D eigenvalue weighted by molar-refractivity contribution is 14.0. The van der Waals surface area contributed by atoms with E-state index in [1.165, 1.54) is 0 Å². The molecular weight excluding hydrogens is 427 g/mol. The number of rotatable bonds is 6. The third kappa shape index (κ3) is 9.00. The second-order valence-corrected chi connectivity index (χ2v) is 5.75. The second-order valence-electron chi connectivity index (χ2n) is 5.34. The number of carbonyl (C=O) groups is 1. The van der Waals surface area contributed by atoms with Crippen molar-refractivity contribution in [2.75, 3.05) is 18.4 Å². The smallest absolute Gasteiger partial charge is 0.226 e. The lowest BCUT2D eigenvalue weighted by molar-refractivity contribution is -0.116. The van der Waals surface area contributed by atoms with Gasteiger partial charge < -0.3 is 16.0 Å². The number of nitrogens with one attached hydrogen (secondary N) is 3. The van der Waals surface area contributed by atoms with Gasteiger partial charge in [-0.3, -0.25) is 9.79 Å². The Labute approximate surface area is 160 Å². The van der Waals surface area contributed by atoms with E-state index in [1.807, 2.05) is 45.9 Å². The minimum atomic E-state index is -0.102. The Morgan fingerprint density at radius 2 is 2.04 bits per heavy atom. The minimum Gasteiger partial charge on any atom is -0.357 e. The topological polar surface area (TPSA) is 65.5 Å². The fourth-order valence-corrected chi connectivity index (χ4v) is 2.08. The van der Waals surface area contributed by atoms with Crippen LogP contribution in [0.15, 0.2) is 23.2 Å². The summed E-state index contributed by atoms with van der Waals surface area (Å²) in [7, 11) is 0. The summed E-state index contributed by atoms with van der Waals surface area (Å²) in [5.41, 5.74) is 1.69. The molecule has 0 heterocycles. The van der Waals surface area contributed by atoms with E-state index in [9.17, 15) is 4.79 Å². The van der Waals surface area contributed by atoms with Gasteiger partial charge in [0, 0.05) is 19.0 Å². The maximum absolute atomic E-state index is 11.9. The number of benzene rings is 1. The number of aliphatic imine (C=N–C) groups is 1. The van der Waals surface area contributed by atoms with Crippen LogP contribution in [0.25, 0.3) is 0 Å². The van der Waals surface area contributed by atoms with E-state index in [0.717, 1.165) is 18.1 Å². The van der Waals surface area contributed by atoms with Gasteiger partial charge in [0.05, 0.1) is 17.3 Å². The molecule has 0 aliphatic rings. The van der Waals surface area contributed by atoms with E-state index < -0.39 is 0 Å². The second kappa shape index (κ2) is 11.5. The molecule has 1 amide bonds. The highest BCUT2D eigenvalue weighted by atomic mass is 127. The van der Waals surface area contributed by atoms with Gasteiger partial charge >= 0.3 is 0 Å². The molecule has 130 valence electrons. The number of anilines is 1. The van der Waals surface area contributed by atoms with Crippen LogP contribution >= 0.6 is 35.6 Å². The third-order valence-corrected chi connectivity index (χ3v) is 3.09. The maximum atomic E-state index is 11.9. The Bertz CT molecular complexity index is 535. The van der Waals surface area contributed by atoms with Gasteiger partial charge in [-0.2, -0.15) is 0 Å². The van der Waals surface area contributed by atoms with E-state index in [-0.39, 0.29) is 35.9 Å². The van der Waals surface area contributed by atoms with Crippen molar-refractivity contribution in [3.8, 4) is 0 Å². The van der Waals surface area contributed by atoms with Crippen LogP contribution in [0.3, 0.4) is 0 Å². The lowest BCUT2D eigenvalue weighted by atomic mass is 10.2. The Kier molecular flexibility index (Phi) is 11.0. The zero-order chi connectivity index (χ0) is 16.5. The maximum Gasteiger partial charge on any atom is 0.226 e. The van der Waals surface area contributed by atoms with Crippen LogP contribution in [0.2, 0.25) is 5.02 Å². The Morgan fingerprint density at radius 1 is 1.35 bits per heavy atom. The van der Waals surface area contributed by atoms with Crippen LogP contribution in [0.1, 0.15) is 32.8 Å². The van der Waals surface area contributed by atoms with Crippen LogP contribution in [0.5, 0.6) is 0 Å². The number of guanidine groups is 1. The molecule has 0 aliphatic carbocycles. The van der Waals surface area contributed by atoms with Gasteiger partial charge in [0.1, 0.15) is 0 Å². The summed E-state index contributed by atoms with van der Waals surface area (Å²) in [5, 5.41) is 9.70. The lowest BCUT2D eigenvalue weighted by Crippen LogP contribution is -2.41. The van der Waals surface area contributed by atoms with E-state index in [0.29, 0.717) is 23.7 Å². The molecule has 7 heteroatoms. The SMILES string of the molecule is CCNC(=NCCC(=O)Nc1ccc(C)cc1Cl)NC(C)C.I. The first-order valence-electron chi connectivity index (χ1n) is 7.53. The fourth-order valence-electron chi connectivity index (χ4n) is 1.80. The Balaban J connectivity index is 0.00000484. The molecule has 0 aliphatic heterocycles. The zero-order valence-electron chi connectivity index (χ0n) is 14.1. The average molecular weight is 453 g/mol. The molecule has 0 spiro atoms. The first-order valence-corrected chi connectivity index (χ1v) is 7.91. The number of hydrogen-bond donors (Lipinski definition) is 3. The molecule has 1 aromatic carbocycles. The molecule has 3 N–H and O–H groups in total. The van der Waals surface area contributed by atoms with Gasteiger partial charge in [0.2, 0.25) is 5.91 Å². The first kappa shape index (κ1) is 22.0. The normalized spacial score (nSPS) is 11.0. The van der Waals surface area contributed by atoms with Gasteiger partial charge in [-0.1, -0.05) is 17.7 Å². The summed E-state index contributed by atoms with van der Waals surface area (Å²) in [5.74, 6) is 0.619. The van der Waals surface area contributed by atoms with Gasteiger partial charge in [0.15, 0.2) is 5.96 Å². The highest BCUT2D eigenvalue weighted by Crippen LogP contribution is 2.22. The molecule has 0 fully saturated rings. The number of carbonyl (C=O) groups excluding carboxylic acids is 1. The van der Waals surface area contributed by atoms with Crippen molar-refractivity contribution in [3.05, 3.63) is 28.8 Å². The quantitative estimate of drug-likeness (QED) is 0.351. The van der Waals surface area contributed by atoms with Crippen LogP contribution in [-0.4, -0.2) is 31.0 Å². The first-order chi connectivity index (χ1) is 10.4. The molecular formula is C16H26ClIN4O. The van der Waals surface area contributed by atoms with E-state index >= 15 is 0 Å². The van der Waals surface area contributed by atoms with Crippen LogP contribution < -0.4 is 16.0 Å². The monoisotopic (exact) mass is 452 g/mol. The summed E-state index contributed by atoms with van der Waals surface area (Å²) in [6.45, 7) is 9.23. The van der Waals surface area contributed by atoms with Crippen molar-refractivity contribution in [2.24, 2.45) is 4.99 Å². The van der Waals surface area contributed by atoms with Gasteiger partial charge in [-0.05, 0) is 45.4 Å². The van der Waals surface area contributed by atoms with Crippen molar-refractivity contribution in [1.82, 2.24) is 10.6 Å². The van der Waals surface area contributed by atoms with Crippen LogP contribution in [-0.2, 0) is 4.79 Å². The van der Waals surface area contributed by atoms with Crippen molar-refractivity contribution < 1.29 is 4.79 Å². The molecule has 1 aromatic rings. The Morgan fingerprint density at radius 3 is 2.61 bits per heavy atom. The molecule has 0 saturated carbocycles. The number of nitrogens with zero attached hydrogens (tertiary/aromatic N) is 1. The summed E-state index contributed by atoms with van der Waals surface area (Å²) in [4.78, 5) is 16.3. The molecule has 23 heavy (non-hydrogen) atoms. The molecule has 0 atom stereocenters. The van der Waals surface area contributed by atoms with Crippen LogP contribution in [0, 0.1) is 6.92 Å². The number of halogens is 2. The molecule has 1 rings (SSSR count). The number of aryl methyl sites for hydroxylation is 1. The van der Waals surface area contributed by atoms with Crippen molar-refractivity contribution >= 4 is 53.1 Å². The third-order valence-electron chi connectivity index (χ3n) is 2.78. The Hall–Kier alpha value is -1.02. The van der Waals surface area contributed by atoms with Gasteiger partial charge in [-0.15, -0.1) is 24.0 Å². The van der Waals surface area contributed by atoms with Crippen molar-refractivity contribution in [2.45, 2.75) is 40.2 Å². The van der Waals surface area contributed by atoms with Crippen molar-refractivity contribution in [3.63, 3.8) is 0 Å². The minimum absolute atomic E-state index is 0. The molecule has 0 unspecified atom stereocenters. The van der Waals surface area contributed by atoms with Gasteiger partial charge in [-0.25, -0.2) is 0 Å². The largest absolute Gasteiger partial charge is 0.357 e. The summed E-state index contributed by atoms with van der Waals surface area (Å²) < 4.78 is 0. The van der Waals surface area contributed by atoms with Crippen molar-refractivity contribution in [1.29, 1.82) is 0 Å². The average Bonchev–Trinajstić information content (AvgIpc) is 2.41. The summed E-state index contributed by atoms with van der Waals surface area (Å²) in [6.07, 6.45) is 0.304. The standard InChI is InChI=1S/C16H25ClN4O.HI/c1-5-18-16(20-11(2)3)19-9-8-15(22)21-14-7-6-12(4)10-13(14)17;/h6-7,10-11H,5,8-9H2,1-4H3,(H,21,22)(H2,18,19,20);1H. The highest BCUT2D eigenvalue weighted by Gasteiger charge is 2.06. The summed E-state index contributed by atoms with van der Waals surface area (Å²) in [6, 6.07) is 5.84. The van der Waals surface area contributed by atoms with Gasteiger partial charge in [0.25, 0.3) is 0 Å². The van der Waals surface area contributed by atoms with E-state index in [4.69, 9.17) is 11.6 Å². The predicted octanol–water partition coefficient (Wildman–Crippen LogP) is 3.56. The zero-order valence-corrected chi connectivity index (χ0v) is 17.2. The molecule has 0 bridgehead atoms. The molecule has 0 radical (unpaired) electrons. The number of amides is 1. The molecule has 5 nitrogen and oxygen atoms in total. The number of hydrogen-bond acceptors (Lipinski definition) is 2. The summed E-state index contributed by atoms with van der Waals surface area (Å²) >= 11 is 6.09. The molecule has 0 saturated heterocycles. The molecule has 0 aromatic heterocycles. The fraction of sp³-hybridized carbons (Fsp3) is 0.500.